The normalized spacial score (nSPS) is 19.3. The van der Waals surface area contributed by atoms with E-state index < -0.39 is 6.10 Å². The van der Waals surface area contributed by atoms with Gasteiger partial charge in [-0.3, -0.25) is 4.79 Å². The van der Waals surface area contributed by atoms with Crippen LogP contribution >= 0.6 is 0 Å². The molecule has 1 aromatic rings. The molecule has 0 saturated carbocycles. The molecule has 4 heteroatoms. The standard InChI is InChI=1S/C14H18O4/c1-10(7-8-16-2)14(15)13-9-17-11-5-3-4-6-12(11)18-13/h3-6,10,13H,7-9H2,1-2H3. The molecule has 0 radical (unpaired) electrons. The number of ether oxygens (including phenoxy) is 3. The molecule has 18 heavy (non-hydrogen) atoms. The van der Waals surface area contributed by atoms with E-state index in [2.05, 4.69) is 0 Å². The monoisotopic (exact) mass is 250 g/mol. The summed E-state index contributed by atoms with van der Waals surface area (Å²) in [7, 11) is 1.63. The minimum Gasteiger partial charge on any atom is -0.485 e. The van der Waals surface area contributed by atoms with Crippen molar-refractivity contribution in [2.24, 2.45) is 5.92 Å². The van der Waals surface area contributed by atoms with Crippen LogP contribution in [0.3, 0.4) is 0 Å². The zero-order chi connectivity index (χ0) is 13.0. The minimum absolute atomic E-state index is 0.0709. The second-order valence-corrected chi connectivity index (χ2v) is 4.45. The number of hydrogen-bond acceptors (Lipinski definition) is 4. The van der Waals surface area contributed by atoms with Crippen LogP contribution in [-0.4, -0.2) is 32.2 Å². The lowest BCUT2D eigenvalue weighted by molar-refractivity contribution is -0.132. The van der Waals surface area contributed by atoms with E-state index in [4.69, 9.17) is 14.2 Å². The molecule has 0 saturated heterocycles. The Bertz CT molecular complexity index is 416. The number of carbonyl (C=O) groups is 1. The number of ketones is 1. The number of carbonyl (C=O) groups excluding carboxylic acids is 1. The Kier molecular flexibility index (Phi) is 4.20. The van der Waals surface area contributed by atoms with E-state index in [1.165, 1.54) is 0 Å². The number of para-hydroxylation sites is 2. The van der Waals surface area contributed by atoms with Gasteiger partial charge in [0.15, 0.2) is 23.4 Å². The Hall–Kier alpha value is -1.55. The first-order chi connectivity index (χ1) is 8.72. The zero-order valence-electron chi connectivity index (χ0n) is 10.7. The molecule has 1 heterocycles. The predicted octanol–water partition coefficient (Wildman–Crippen LogP) is 2.07. The van der Waals surface area contributed by atoms with Gasteiger partial charge in [-0.15, -0.1) is 0 Å². The third kappa shape index (κ3) is 2.82. The fraction of sp³-hybridized carbons (Fsp3) is 0.500. The van der Waals surface area contributed by atoms with Crippen LogP contribution in [0.4, 0.5) is 0 Å². The van der Waals surface area contributed by atoms with Crippen molar-refractivity contribution in [1.29, 1.82) is 0 Å². The highest BCUT2D eigenvalue weighted by atomic mass is 16.6. The summed E-state index contributed by atoms with van der Waals surface area (Å²) in [5.74, 6) is 1.33. The molecule has 0 aliphatic carbocycles. The Balaban J connectivity index is 1.98. The zero-order valence-corrected chi connectivity index (χ0v) is 10.7. The first kappa shape index (κ1) is 12.9. The van der Waals surface area contributed by atoms with Crippen LogP contribution < -0.4 is 9.47 Å². The molecule has 0 fully saturated rings. The number of hydrogen-bond donors (Lipinski definition) is 0. The maximum atomic E-state index is 12.2. The number of methoxy groups -OCH3 is 1. The van der Waals surface area contributed by atoms with Crippen LogP contribution in [0.15, 0.2) is 24.3 Å². The molecule has 0 bridgehead atoms. The Labute approximate surface area is 107 Å². The van der Waals surface area contributed by atoms with Gasteiger partial charge in [0.2, 0.25) is 0 Å². The minimum atomic E-state index is -0.508. The molecule has 0 spiro atoms. The molecule has 1 aliphatic rings. The summed E-state index contributed by atoms with van der Waals surface area (Å²) >= 11 is 0. The fourth-order valence-electron chi connectivity index (χ4n) is 1.91. The highest BCUT2D eigenvalue weighted by Gasteiger charge is 2.30. The number of Topliss-reactive ketones (excluding diaryl/α,β-unsaturated/α-hetero) is 1. The highest BCUT2D eigenvalue weighted by molar-refractivity contribution is 5.86. The number of rotatable bonds is 5. The maximum Gasteiger partial charge on any atom is 0.191 e. The van der Waals surface area contributed by atoms with Crippen molar-refractivity contribution in [3.63, 3.8) is 0 Å². The average molecular weight is 250 g/mol. The summed E-state index contributed by atoms with van der Waals surface area (Å²) < 4.78 is 16.2. The molecule has 0 amide bonds. The summed E-state index contributed by atoms with van der Waals surface area (Å²) in [5, 5.41) is 0. The van der Waals surface area contributed by atoms with Crippen LogP contribution in [0, 0.1) is 5.92 Å². The van der Waals surface area contributed by atoms with Gasteiger partial charge in [0.1, 0.15) is 6.61 Å². The van der Waals surface area contributed by atoms with Crippen molar-refractivity contribution in [2.75, 3.05) is 20.3 Å². The lowest BCUT2D eigenvalue weighted by Crippen LogP contribution is -2.39. The van der Waals surface area contributed by atoms with E-state index in [0.717, 1.165) is 0 Å². The third-order valence-electron chi connectivity index (χ3n) is 3.07. The van der Waals surface area contributed by atoms with Crippen LogP contribution in [0.1, 0.15) is 13.3 Å². The van der Waals surface area contributed by atoms with Gasteiger partial charge < -0.3 is 14.2 Å². The van der Waals surface area contributed by atoms with E-state index in [1.807, 2.05) is 31.2 Å². The second-order valence-electron chi connectivity index (χ2n) is 4.45. The smallest absolute Gasteiger partial charge is 0.191 e. The molecular formula is C14H18O4. The highest BCUT2D eigenvalue weighted by Crippen LogP contribution is 2.31. The van der Waals surface area contributed by atoms with E-state index in [0.29, 0.717) is 24.5 Å². The van der Waals surface area contributed by atoms with Gasteiger partial charge in [0.25, 0.3) is 0 Å². The van der Waals surface area contributed by atoms with Crippen LogP contribution in [-0.2, 0) is 9.53 Å². The topological polar surface area (TPSA) is 44.8 Å². The van der Waals surface area contributed by atoms with Crippen molar-refractivity contribution in [3.8, 4) is 11.5 Å². The van der Waals surface area contributed by atoms with Gasteiger partial charge in [-0.2, -0.15) is 0 Å². The first-order valence-electron chi connectivity index (χ1n) is 6.13. The first-order valence-corrected chi connectivity index (χ1v) is 6.13. The quantitative estimate of drug-likeness (QED) is 0.802. The Morgan fingerprint density at radius 3 is 2.89 bits per heavy atom. The fourth-order valence-corrected chi connectivity index (χ4v) is 1.91. The van der Waals surface area contributed by atoms with Gasteiger partial charge >= 0.3 is 0 Å². The molecule has 2 unspecified atom stereocenters. The van der Waals surface area contributed by atoms with Crippen LogP contribution in [0.2, 0.25) is 0 Å². The summed E-state index contributed by atoms with van der Waals surface area (Å²) in [6, 6.07) is 7.40. The Morgan fingerprint density at radius 1 is 1.44 bits per heavy atom. The van der Waals surface area contributed by atoms with Crippen LogP contribution in [0.25, 0.3) is 0 Å². The lowest BCUT2D eigenvalue weighted by atomic mass is 9.98. The molecule has 0 N–H and O–H groups in total. The number of fused-ring (bicyclic) bond motifs is 1. The average Bonchev–Trinajstić information content (AvgIpc) is 2.43. The second kappa shape index (κ2) is 5.87. The molecule has 0 aromatic heterocycles. The molecule has 98 valence electrons. The SMILES string of the molecule is COCCC(C)C(=O)C1COc2ccccc2O1. The van der Waals surface area contributed by atoms with E-state index in [1.54, 1.807) is 7.11 Å². The molecule has 1 aliphatic heterocycles. The lowest BCUT2D eigenvalue weighted by Gasteiger charge is -2.27. The summed E-state index contributed by atoms with van der Waals surface area (Å²) in [6.45, 7) is 2.76. The summed E-state index contributed by atoms with van der Waals surface area (Å²) in [5.41, 5.74) is 0. The molecule has 4 nitrogen and oxygen atoms in total. The maximum absolute atomic E-state index is 12.2. The van der Waals surface area contributed by atoms with Gasteiger partial charge in [-0.05, 0) is 18.6 Å². The van der Waals surface area contributed by atoms with Crippen molar-refractivity contribution >= 4 is 5.78 Å². The van der Waals surface area contributed by atoms with Gasteiger partial charge in [0.05, 0.1) is 0 Å². The molecule has 2 rings (SSSR count). The molecular weight excluding hydrogens is 232 g/mol. The van der Waals surface area contributed by atoms with Crippen LogP contribution in [0.5, 0.6) is 11.5 Å². The van der Waals surface area contributed by atoms with E-state index >= 15 is 0 Å². The molecule has 2 atom stereocenters. The van der Waals surface area contributed by atoms with Crippen molar-refractivity contribution in [3.05, 3.63) is 24.3 Å². The summed E-state index contributed by atoms with van der Waals surface area (Å²) in [4.78, 5) is 12.2. The predicted molar refractivity (Wildman–Crippen MR) is 67.0 cm³/mol. The third-order valence-corrected chi connectivity index (χ3v) is 3.07. The van der Waals surface area contributed by atoms with Crippen molar-refractivity contribution in [2.45, 2.75) is 19.4 Å². The van der Waals surface area contributed by atoms with Crippen molar-refractivity contribution < 1.29 is 19.0 Å². The number of benzene rings is 1. The Morgan fingerprint density at radius 2 is 2.17 bits per heavy atom. The van der Waals surface area contributed by atoms with Gasteiger partial charge in [-0.25, -0.2) is 0 Å². The van der Waals surface area contributed by atoms with E-state index in [9.17, 15) is 4.79 Å². The van der Waals surface area contributed by atoms with E-state index in [-0.39, 0.29) is 18.3 Å². The molecule has 1 aromatic carbocycles. The summed E-state index contributed by atoms with van der Waals surface area (Å²) in [6.07, 6.45) is 0.198. The largest absolute Gasteiger partial charge is 0.485 e. The van der Waals surface area contributed by atoms with Gasteiger partial charge in [-0.1, -0.05) is 19.1 Å². The van der Waals surface area contributed by atoms with Gasteiger partial charge in [0, 0.05) is 19.6 Å². The van der Waals surface area contributed by atoms with Crippen molar-refractivity contribution in [1.82, 2.24) is 0 Å².